The van der Waals surface area contributed by atoms with Crippen molar-refractivity contribution in [3.05, 3.63) is 192 Å². The van der Waals surface area contributed by atoms with Gasteiger partial charge in [-0.05, 0) is 142 Å². The van der Waals surface area contributed by atoms with Crippen molar-refractivity contribution in [3.63, 3.8) is 0 Å². The average molecular weight is 997 g/mol. The number of fused-ring (bicyclic) bond motifs is 12. The van der Waals surface area contributed by atoms with E-state index in [1.807, 2.05) is 0 Å². The summed E-state index contributed by atoms with van der Waals surface area (Å²) >= 11 is 0. The molecule has 2 nitrogen and oxygen atoms in total. The van der Waals surface area contributed by atoms with Crippen LogP contribution in [0.2, 0.25) is 0 Å². The van der Waals surface area contributed by atoms with E-state index in [2.05, 4.69) is 207 Å². The van der Waals surface area contributed by atoms with E-state index in [-0.39, 0.29) is 10.8 Å². The lowest BCUT2D eigenvalue weighted by molar-refractivity contribution is 0.401. The molecule has 0 N–H and O–H groups in total. The van der Waals surface area contributed by atoms with Gasteiger partial charge in [-0.3, -0.25) is 0 Å². The summed E-state index contributed by atoms with van der Waals surface area (Å²) in [5.41, 5.74) is 22.2. The van der Waals surface area contributed by atoms with Gasteiger partial charge in [0.2, 0.25) is 0 Å². The monoisotopic (exact) mass is 997 g/mol. The Hall–Kier alpha value is -6.64. The van der Waals surface area contributed by atoms with E-state index < -0.39 is 0 Å². The molecule has 0 saturated carbocycles. The molecule has 0 atom stereocenters. The Balaban J connectivity index is 0.946. The molecule has 2 aromatic heterocycles. The van der Waals surface area contributed by atoms with E-state index >= 15 is 0 Å². The quantitative estimate of drug-likeness (QED) is 0.0565. The Morgan fingerprint density at radius 1 is 0.276 bits per heavy atom. The summed E-state index contributed by atoms with van der Waals surface area (Å²) in [5, 5.41) is 5.21. The van der Waals surface area contributed by atoms with Gasteiger partial charge in [0.25, 0.3) is 0 Å². The number of nitrogens with zero attached hydrogens (tertiary/aromatic N) is 2. The normalized spacial score (nSPS) is 14.0. The smallest absolute Gasteiger partial charge is 0.0541 e. The van der Waals surface area contributed by atoms with E-state index in [1.54, 1.807) is 22.3 Å². The van der Waals surface area contributed by atoms with Crippen LogP contribution in [0.4, 0.5) is 0 Å². The summed E-state index contributed by atoms with van der Waals surface area (Å²) < 4.78 is 5.13. The molecule has 0 aliphatic heterocycles. The zero-order valence-electron chi connectivity index (χ0n) is 46.2. The van der Waals surface area contributed by atoms with Gasteiger partial charge >= 0.3 is 0 Å². The highest BCUT2D eigenvalue weighted by Crippen LogP contribution is 2.57. The van der Waals surface area contributed by atoms with Gasteiger partial charge in [0.15, 0.2) is 0 Å². The van der Waals surface area contributed by atoms with Gasteiger partial charge in [-0.25, -0.2) is 0 Å². The van der Waals surface area contributed by atoms with E-state index in [0.717, 1.165) is 0 Å². The SMILES string of the molecule is CCCCCCC1(CCCCCC)c2ccccc2-c2ccc(-n3c4ccccc4c4cc(-c5ccc6c(c5)c5ccccc5n6-c5ccc6c(c5)C(CCCCCC)(CCCCCC)c5ccccc5-6)ccc43)cc21. The molecule has 2 aliphatic carbocycles. The topological polar surface area (TPSA) is 9.86 Å². The maximum atomic E-state index is 2.61. The highest BCUT2D eigenvalue weighted by atomic mass is 15.0. The fraction of sp³-hybridized carbons (Fsp3) is 0.351. The highest BCUT2D eigenvalue weighted by Gasteiger charge is 2.44. The summed E-state index contributed by atoms with van der Waals surface area (Å²) in [7, 11) is 0. The molecule has 10 aromatic rings. The number of para-hydroxylation sites is 2. The largest absolute Gasteiger partial charge is 0.309 e. The average Bonchev–Trinajstić information content (AvgIpc) is 4.15. The van der Waals surface area contributed by atoms with Crippen molar-refractivity contribution in [1.82, 2.24) is 9.13 Å². The second-order valence-corrected chi connectivity index (χ2v) is 23.1. The van der Waals surface area contributed by atoms with Crippen LogP contribution in [0.3, 0.4) is 0 Å². The number of hydrogen-bond donors (Lipinski definition) is 0. The maximum Gasteiger partial charge on any atom is 0.0541 e. The molecule has 2 heteroatoms. The second-order valence-electron chi connectivity index (χ2n) is 23.1. The molecule has 0 bridgehead atoms. The van der Waals surface area contributed by atoms with Crippen LogP contribution in [0, 0.1) is 0 Å². The lowest BCUT2D eigenvalue weighted by atomic mass is 9.70. The van der Waals surface area contributed by atoms with Crippen molar-refractivity contribution in [2.24, 2.45) is 0 Å². The second kappa shape index (κ2) is 21.8. The predicted octanol–water partition coefficient (Wildman–Crippen LogP) is 22.0. The minimum Gasteiger partial charge on any atom is -0.309 e. The molecule has 386 valence electrons. The number of aromatic nitrogens is 2. The molecule has 2 aliphatic rings. The van der Waals surface area contributed by atoms with Gasteiger partial charge in [-0.1, -0.05) is 240 Å². The van der Waals surface area contributed by atoms with Crippen LogP contribution in [-0.2, 0) is 10.8 Å². The standard InChI is InChI=1S/C74H80N2/c1-5-9-13-25-45-73(46-26-14-10-6-2)65-33-21-17-29-57(65)59-41-39-55(51-67(59)73)75-69-35-23-19-31-61(69)63-49-53(37-43-71(63)75)54-38-44-72-64(50-54)62-32-20-24-36-70(62)76(72)56-40-42-60-58-30-18-22-34-66(58)74(68(60)52-56,47-27-15-11-7-3)48-28-16-12-8-4/h17-24,29-44,49-52H,5-16,25-28,45-48H2,1-4H3. The molecule has 8 aromatic carbocycles. The molecule has 0 amide bonds. The van der Waals surface area contributed by atoms with E-state index in [1.165, 1.54) is 217 Å². The van der Waals surface area contributed by atoms with Crippen LogP contribution >= 0.6 is 0 Å². The van der Waals surface area contributed by atoms with Crippen LogP contribution < -0.4 is 0 Å². The van der Waals surface area contributed by atoms with E-state index in [4.69, 9.17) is 0 Å². The number of benzene rings is 8. The van der Waals surface area contributed by atoms with Crippen LogP contribution in [0.25, 0.3) is 88.4 Å². The molecule has 12 rings (SSSR count). The van der Waals surface area contributed by atoms with Crippen LogP contribution in [0.5, 0.6) is 0 Å². The lowest BCUT2D eigenvalue weighted by Crippen LogP contribution is -2.25. The molecule has 76 heavy (non-hydrogen) atoms. The Morgan fingerprint density at radius 3 is 1.01 bits per heavy atom. The lowest BCUT2D eigenvalue weighted by Gasteiger charge is -2.33. The first-order valence-electron chi connectivity index (χ1n) is 30.1. The predicted molar refractivity (Wildman–Crippen MR) is 328 cm³/mol. The summed E-state index contributed by atoms with van der Waals surface area (Å²) in [6.07, 6.45) is 25.5. The van der Waals surface area contributed by atoms with Gasteiger partial charge in [-0.15, -0.1) is 0 Å². The molecule has 0 fully saturated rings. The first kappa shape index (κ1) is 50.2. The van der Waals surface area contributed by atoms with Crippen LogP contribution in [0.1, 0.15) is 178 Å². The molecule has 2 heterocycles. The summed E-state index contributed by atoms with van der Waals surface area (Å²) in [5.74, 6) is 0. The third-order valence-electron chi connectivity index (χ3n) is 18.5. The van der Waals surface area contributed by atoms with Crippen molar-refractivity contribution in [2.75, 3.05) is 0 Å². The Labute approximate surface area is 454 Å². The van der Waals surface area contributed by atoms with Gasteiger partial charge in [0.1, 0.15) is 0 Å². The minimum atomic E-state index is 0.0376. The molecule has 0 saturated heterocycles. The first-order chi connectivity index (χ1) is 37.5. The molecule has 0 radical (unpaired) electrons. The zero-order chi connectivity index (χ0) is 51.6. The van der Waals surface area contributed by atoms with Crippen LogP contribution in [0.15, 0.2) is 170 Å². The van der Waals surface area contributed by atoms with Crippen molar-refractivity contribution < 1.29 is 0 Å². The Morgan fingerprint density at radius 2 is 0.618 bits per heavy atom. The number of hydrogen-bond acceptors (Lipinski definition) is 0. The summed E-state index contributed by atoms with van der Waals surface area (Å²) in [4.78, 5) is 0. The van der Waals surface area contributed by atoms with Gasteiger partial charge in [0.05, 0.1) is 22.1 Å². The maximum absolute atomic E-state index is 2.61. The van der Waals surface area contributed by atoms with Crippen molar-refractivity contribution in [3.8, 4) is 44.8 Å². The molecular weight excluding hydrogens is 917 g/mol. The van der Waals surface area contributed by atoms with Crippen LogP contribution in [-0.4, -0.2) is 9.13 Å². The van der Waals surface area contributed by atoms with Crippen molar-refractivity contribution in [1.29, 1.82) is 0 Å². The number of unbranched alkanes of at least 4 members (excludes halogenated alkanes) is 12. The third-order valence-corrected chi connectivity index (χ3v) is 18.5. The molecule has 0 spiro atoms. The highest BCUT2D eigenvalue weighted by molar-refractivity contribution is 6.13. The summed E-state index contributed by atoms with van der Waals surface area (Å²) in [6, 6.07) is 66.5. The minimum absolute atomic E-state index is 0.0376. The van der Waals surface area contributed by atoms with E-state index in [9.17, 15) is 0 Å². The fourth-order valence-electron chi connectivity index (χ4n) is 14.8. The zero-order valence-corrected chi connectivity index (χ0v) is 46.2. The van der Waals surface area contributed by atoms with Gasteiger partial charge in [-0.2, -0.15) is 0 Å². The van der Waals surface area contributed by atoms with Gasteiger partial charge < -0.3 is 9.13 Å². The Kier molecular flexibility index (Phi) is 14.4. The first-order valence-corrected chi connectivity index (χ1v) is 30.1. The van der Waals surface area contributed by atoms with E-state index in [0.29, 0.717) is 0 Å². The Bertz CT molecular complexity index is 3420. The molecule has 0 unspecified atom stereocenters. The van der Waals surface area contributed by atoms with Crippen molar-refractivity contribution >= 4 is 43.6 Å². The van der Waals surface area contributed by atoms with Gasteiger partial charge in [0, 0.05) is 43.7 Å². The number of rotatable bonds is 23. The fourth-order valence-corrected chi connectivity index (χ4v) is 14.8. The van der Waals surface area contributed by atoms with Crippen molar-refractivity contribution in [2.45, 2.75) is 167 Å². The summed E-state index contributed by atoms with van der Waals surface area (Å²) in [6.45, 7) is 9.34. The third kappa shape index (κ3) is 8.63. The molecular formula is C74H80N2.